The lowest BCUT2D eigenvalue weighted by molar-refractivity contribution is 0.0916. The molecule has 0 unspecified atom stereocenters. The van der Waals surface area contributed by atoms with Gasteiger partial charge < -0.3 is 9.73 Å². The third-order valence-electron chi connectivity index (χ3n) is 4.93. The average Bonchev–Trinajstić information content (AvgIpc) is 3.37. The van der Waals surface area contributed by atoms with E-state index in [2.05, 4.69) is 16.5 Å². The monoisotopic (exact) mass is 365 g/mol. The summed E-state index contributed by atoms with van der Waals surface area (Å²) in [5.74, 6) is -0.00966. The van der Waals surface area contributed by atoms with E-state index in [9.17, 15) is 9.18 Å². The first kappa shape index (κ1) is 17.3. The zero-order valence-electron chi connectivity index (χ0n) is 15.1. The summed E-state index contributed by atoms with van der Waals surface area (Å²) in [6.45, 7) is 3.99. The lowest BCUT2D eigenvalue weighted by atomic mass is 9.96. The number of rotatable bonds is 4. The molecule has 0 saturated heterocycles. The Morgan fingerprint density at radius 3 is 2.70 bits per heavy atom. The number of furan rings is 1. The number of benzene rings is 1. The van der Waals surface area contributed by atoms with Crippen LogP contribution in [-0.4, -0.2) is 21.7 Å². The second-order valence-electron chi connectivity index (χ2n) is 6.76. The van der Waals surface area contributed by atoms with Crippen molar-refractivity contribution in [3.63, 3.8) is 0 Å². The highest BCUT2D eigenvalue weighted by molar-refractivity contribution is 5.91. The van der Waals surface area contributed by atoms with Crippen LogP contribution in [0.5, 0.6) is 0 Å². The standard InChI is InChI=1S/C21H20FN3O2/c1-13-20(14(2)25(24-13)18-9-6-16(22)7-10-18)15-5-8-17(12-15)23-21(26)19-4-3-11-27-19/h3-11,15,17H,12H2,1-2H3,(H,23,26)/t15-,17+/m0/s1. The van der Waals surface area contributed by atoms with Crippen LogP contribution < -0.4 is 5.32 Å². The molecule has 2 atom stereocenters. The molecule has 1 amide bonds. The Hall–Kier alpha value is -3.15. The molecule has 1 N–H and O–H groups in total. The minimum absolute atomic E-state index is 0.0550. The Balaban J connectivity index is 1.52. The topological polar surface area (TPSA) is 60.1 Å². The molecular weight excluding hydrogens is 345 g/mol. The van der Waals surface area contributed by atoms with Crippen LogP contribution in [-0.2, 0) is 0 Å². The summed E-state index contributed by atoms with van der Waals surface area (Å²) in [5.41, 5.74) is 3.93. The zero-order valence-corrected chi connectivity index (χ0v) is 15.1. The van der Waals surface area contributed by atoms with Gasteiger partial charge in [0.15, 0.2) is 5.76 Å². The van der Waals surface area contributed by atoms with Crippen LogP contribution in [0.15, 0.2) is 59.2 Å². The molecule has 1 aromatic carbocycles. The van der Waals surface area contributed by atoms with Crippen molar-refractivity contribution < 1.29 is 13.6 Å². The van der Waals surface area contributed by atoms with Gasteiger partial charge in [-0.05, 0) is 56.7 Å². The van der Waals surface area contributed by atoms with Crippen LogP contribution in [0.25, 0.3) is 5.69 Å². The molecule has 5 nitrogen and oxygen atoms in total. The first-order valence-corrected chi connectivity index (χ1v) is 8.87. The quantitative estimate of drug-likeness (QED) is 0.709. The number of hydrogen-bond donors (Lipinski definition) is 1. The van der Waals surface area contributed by atoms with Crippen molar-refractivity contribution in [3.05, 3.63) is 83.3 Å². The summed E-state index contributed by atoms with van der Waals surface area (Å²) in [7, 11) is 0. The Labute approximate surface area is 156 Å². The molecule has 0 fully saturated rings. The van der Waals surface area contributed by atoms with Crippen LogP contribution in [0, 0.1) is 19.7 Å². The molecule has 27 heavy (non-hydrogen) atoms. The SMILES string of the molecule is Cc1nn(-c2ccc(F)cc2)c(C)c1[C@H]1C=C[C@@H](NC(=O)c2ccco2)C1. The summed E-state index contributed by atoms with van der Waals surface area (Å²) in [5, 5.41) is 7.62. The van der Waals surface area contributed by atoms with E-state index in [-0.39, 0.29) is 23.7 Å². The maximum Gasteiger partial charge on any atom is 0.287 e. The largest absolute Gasteiger partial charge is 0.459 e. The molecule has 0 saturated carbocycles. The number of nitrogens with zero attached hydrogens (tertiary/aromatic N) is 2. The Morgan fingerprint density at radius 2 is 2.00 bits per heavy atom. The highest BCUT2D eigenvalue weighted by atomic mass is 19.1. The van der Waals surface area contributed by atoms with Gasteiger partial charge in [-0.3, -0.25) is 4.79 Å². The number of aromatic nitrogens is 2. The minimum atomic E-state index is -0.269. The van der Waals surface area contributed by atoms with Crippen LogP contribution in [0.1, 0.15) is 39.8 Å². The van der Waals surface area contributed by atoms with E-state index in [0.29, 0.717) is 5.76 Å². The van der Waals surface area contributed by atoms with E-state index in [1.807, 2.05) is 24.6 Å². The number of aryl methyl sites for hydroxylation is 1. The van der Waals surface area contributed by atoms with E-state index in [4.69, 9.17) is 4.42 Å². The predicted octanol–water partition coefficient (Wildman–Crippen LogP) is 4.06. The van der Waals surface area contributed by atoms with Crippen molar-refractivity contribution in [2.45, 2.75) is 32.2 Å². The van der Waals surface area contributed by atoms with Crippen molar-refractivity contribution in [2.24, 2.45) is 0 Å². The molecule has 4 rings (SSSR count). The molecule has 6 heteroatoms. The van der Waals surface area contributed by atoms with Gasteiger partial charge in [0.1, 0.15) is 5.82 Å². The van der Waals surface area contributed by atoms with E-state index < -0.39 is 0 Å². The molecule has 0 radical (unpaired) electrons. The van der Waals surface area contributed by atoms with Gasteiger partial charge >= 0.3 is 0 Å². The van der Waals surface area contributed by atoms with Crippen LogP contribution in [0.4, 0.5) is 4.39 Å². The summed E-state index contributed by atoms with van der Waals surface area (Å²) in [6, 6.07) is 9.58. The smallest absolute Gasteiger partial charge is 0.287 e. The van der Waals surface area contributed by atoms with Crippen LogP contribution in [0.3, 0.4) is 0 Å². The van der Waals surface area contributed by atoms with E-state index in [0.717, 1.165) is 29.1 Å². The molecule has 138 valence electrons. The second kappa shape index (κ2) is 6.87. The van der Waals surface area contributed by atoms with Gasteiger partial charge in [0, 0.05) is 23.2 Å². The van der Waals surface area contributed by atoms with E-state index in [1.165, 1.54) is 18.4 Å². The van der Waals surface area contributed by atoms with Gasteiger partial charge in [-0.15, -0.1) is 0 Å². The van der Waals surface area contributed by atoms with Gasteiger partial charge in [-0.25, -0.2) is 9.07 Å². The fourth-order valence-corrected chi connectivity index (χ4v) is 3.69. The molecule has 2 heterocycles. The lowest BCUT2D eigenvalue weighted by Gasteiger charge is -2.14. The van der Waals surface area contributed by atoms with Crippen molar-refractivity contribution in [2.75, 3.05) is 0 Å². The molecule has 0 bridgehead atoms. The van der Waals surface area contributed by atoms with Crippen molar-refractivity contribution in [1.82, 2.24) is 15.1 Å². The fraction of sp³-hybridized carbons (Fsp3) is 0.238. The summed E-state index contributed by atoms with van der Waals surface area (Å²) in [6.07, 6.45) is 6.38. The normalized spacial score (nSPS) is 18.8. The molecule has 1 aliphatic carbocycles. The number of amides is 1. The lowest BCUT2D eigenvalue weighted by Crippen LogP contribution is -2.32. The Bertz CT molecular complexity index is 987. The highest BCUT2D eigenvalue weighted by Gasteiger charge is 2.27. The average molecular weight is 365 g/mol. The fourth-order valence-electron chi connectivity index (χ4n) is 3.69. The second-order valence-corrected chi connectivity index (χ2v) is 6.76. The molecule has 1 aliphatic rings. The maximum absolute atomic E-state index is 13.2. The van der Waals surface area contributed by atoms with Gasteiger partial charge in [0.25, 0.3) is 5.91 Å². The highest BCUT2D eigenvalue weighted by Crippen LogP contribution is 2.34. The van der Waals surface area contributed by atoms with Crippen LogP contribution >= 0.6 is 0 Å². The first-order valence-electron chi connectivity index (χ1n) is 8.87. The van der Waals surface area contributed by atoms with E-state index >= 15 is 0 Å². The number of carbonyl (C=O) groups excluding carboxylic acids is 1. The molecule has 0 aliphatic heterocycles. The summed E-state index contributed by atoms with van der Waals surface area (Å²) >= 11 is 0. The summed E-state index contributed by atoms with van der Waals surface area (Å²) in [4.78, 5) is 12.2. The molecule has 3 aromatic rings. The minimum Gasteiger partial charge on any atom is -0.459 e. The number of nitrogens with one attached hydrogen (secondary N) is 1. The van der Waals surface area contributed by atoms with Gasteiger partial charge in [-0.1, -0.05) is 12.2 Å². The van der Waals surface area contributed by atoms with Crippen molar-refractivity contribution >= 4 is 5.91 Å². The molecule has 0 spiro atoms. The van der Waals surface area contributed by atoms with Crippen LogP contribution in [0.2, 0.25) is 0 Å². The third-order valence-corrected chi connectivity index (χ3v) is 4.93. The van der Waals surface area contributed by atoms with Gasteiger partial charge in [-0.2, -0.15) is 5.10 Å². The Kier molecular flexibility index (Phi) is 4.39. The van der Waals surface area contributed by atoms with Crippen molar-refractivity contribution in [1.29, 1.82) is 0 Å². The van der Waals surface area contributed by atoms with Gasteiger partial charge in [0.05, 0.1) is 17.6 Å². The first-order chi connectivity index (χ1) is 13.0. The summed E-state index contributed by atoms with van der Waals surface area (Å²) < 4.78 is 20.2. The maximum atomic E-state index is 13.2. The number of allylic oxidation sites excluding steroid dienone is 1. The zero-order chi connectivity index (χ0) is 19.0. The van der Waals surface area contributed by atoms with E-state index in [1.54, 1.807) is 24.3 Å². The number of carbonyl (C=O) groups is 1. The molecular formula is C21H20FN3O2. The number of halogens is 1. The van der Waals surface area contributed by atoms with Gasteiger partial charge in [0.2, 0.25) is 0 Å². The van der Waals surface area contributed by atoms with Crippen molar-refractivity contribution in [3.8, 4) is 5.69 Å². The predicted molar refractivity (Wildman–Crippen MR) is 99.5 cm³/mol. The number of hydrogen-bond acceptors (Lipinski definition) is 3. The molecule has 2 aromatic heterocycles. The Morgan fingerprint density at radius 1 is 1.22 bits per heavy atom. The third kappa shape index (κ3) is 3.30.